The van der Waals surface area contributed by atoms with Gasteiger partial charge in [0.2, 0.25) is 5.91 Å². The van der Waals surface area contributed by atoms with Crippen LogP contribution in [0.1, 0.15) is 21.1 Å². The van der Waals surface area contributed by atoms with Crippen molar-refractivity contribution >= 4 is 34.5 Å². The van der Waals surface area contributed by atoms with Gasteiger partial charge in [-0.1, -0.05) is 11.6 Å². The number of hydrogen-bond donors (Lipinski definition) is 1. The molecule has 3 aromatic rings. The topological polar surface area (TPSA) is 54.7 Å². The van der Waals surface area contributed by atoms with Crippen LogP contribution in [0.25, 0.3) is 0 Å². The Hall–Kier alpha value is -2.28. The Morgan fingerprint density at radius 3 is 2.71 bits per heavy atom. The molecule has 5 nitrogen and oxygen atoms in total. The van der Waals surface area contributed by atoms with Crippen molar-refractivity contribution in [2.24, 2.45) is 0 Å². The fourth-order valence-corrected chi connectivity index (χ4v) is 3.99. The number of amides is 1. The van der Waals surface area contributed by atoms with E-state index in [2.05, 4.69) is 29.3 Å². The van der Waals surface area contributed by atoms with Crippen molar-refractivity contribution in [1.82, 2.24) is 4.90 Å². The number of anilines is 1. The van der Waals surface area contributed by atoms with Crippen LogP contribution in [0, 0.1) is 13.8 Å². The average molecular weight is 419 g/mol. The molecule has 0 atom stereocenters. The van der Waals surface area contributed by atoms with Gasteiger partial charge in [-0.3, -0.25) is 9.69 Å². The molecule has 0 fully saturated rings. The summed E-state index contributed by atoms with van der Waals surface area (Å²) in [7, 11) is 1.55. The lowest BCUT2D eigenvalue weighted by Gasteiger charge is -2.20. The number of nitrogens with one attached hydrogen (secondary N) is 1. The molecule has 0 spiro atoms. The lowest BCUT2D eigenvalue weighted by molar-refractivity contribution is -0.117. The molecule has 1 aromatic carbocycles. The van der Waals surface area contributed by atoms with Crippen molar-refractivity contribution < 1.29 is 13.9 Å². The average Bonchev–Trinajstić information content (AvgIpc) is 3.29. The zero-order valence-corrected chi connectivity index (χ0v) is 17.7. The molecule has 3 rings (SSSR count). The van der Waals surface area contributed by atoms with E-state index in [1.807, 2.05) is 25.1 Å². The van der Waals surface area contributed by atoms with Crippen molar-refractivity contribution in [1.29, 1.82) is 0 Å². The van der Waals surface area contributed by atoms with Crippen LogP contribution in [-0.2, 0) is 17.9 Å². The van der Waals surface area contributed by atoms with Gasteiger partial charge < -0.3 is 14.5 Å². The summed E-state index contributed by atoms with van der Waals surface area (Å²) in [4.78, 5) is 17.2. The summed E-state index contributed by atoms with van der Waals surface area (Å²) in [5.41, 5.74) is 1.48. The summed E-state index contributed by atoms with van der Waals surface area (Å²) in [5, 5.41) is 3.54. The van der Waals surface area contributed by atoms with E-state index >= 15 is 0 Å². The van der Waals surface area contributed by atoms with Crippen LogP contribution >= 0.6 is 22.9 Å². The zero-order valence-electron chi connectivity index (χ0n) is 16.1. The van der Waals surface area contributed by atoms with Gasteiger partial charge in [0, 0.05) is 27.4 Å². The number of aryl methyl sites for hydroxylation is 2. The van der Waals surface area contributed by atoms with Crippen molar-refractivity contribution in [2.45, 2.75) is 26.9 Å². The number of carbonyl (C=O) groups is 1. The van der Waals surface area contributed by atoms with Gasteiger partial charge in [-0.15, -0.1) is 11.3 Å². The molecule has 0 radical (unpaired) electrons. The Morgan fingerprint density at radius 1 is 1.25 bits per heavy atom. The van der Waals surface area contributed by atoms with Gasteiger partial charge in [-0.25, -0.2) is 0 Å². The minimum absolute atomic E-state index is 0.125. The first-order valence-corrected chi connectivity index (χ1v) is 10.1. The lowest BCUT2D eigenvalue weighted by Crippen LogP contribution is -2.32. The van der Waals surface area contributed by atoms with Gasteiger partial charge in [0.15, 0.2) is 0 Å². The van der Waals surface area contributed by atoms with E-state index in [0.29, 0.717) is 29.5 Å². The number of hydrogen-bond acceptors (Lipinski definition) is 5. The monoisotopic (exact) mass is 418 g/mol. The number of furan rings is 1. The third-order valence-corrected chi connectivity index (χ3v) is 5.65. The van der Waals surface area contributed by atoms with E-state index in [4.69, 9.17) is 20.8 Å². The minimum atomic E-state index is -0.125. The Morgan fingerprint density at radius 2 is 2.07 bits per heavy atom. The number of nitrogens with zero attached hydrogens (tertiary/aromatic N) is 1. The SMILES string of the molecule is COc1cc(Cl)c(C)cc1NC(=O)CN(Cc1ccco1)Cc1ccc(C)s1. The van der Waals surface area contributed by atoms with E-state index in [0.717, 1.165) is 11.3 Å². The molecule has 148 valence electrons. The summed E-state index contributed by atoms with van der Waals surface area (Å²) in [5.74, 6) is 1.23. The second-order valence-corrected chi connectivity index (χ2v) is 8.37. The molecule has 0 bridgehead atoms. The van der Waals surface area contributed by atoms with Crippen molar-refractivity contribution in [3.63, 3.8) is 0 Å². The van der Waals surface area contributed by atoms with Crippen molar-refractivity contribution in [2.75, 3.05) is 19.0 Å². The van der Waals surface area contributed by atoms with E-state index in [-0.39, 0.29) is 12.5 Å². The Bertz CT molecular complexity index is 937. The van der Waals surface area contributed by atoms with Crippen LogP contribution in [0.2, 0.25) is 5.02 Å². The molecule has 0 saturated heterocycles. The predicted octanol–water partition coefficient (Wildman–Crippen LogP) is 5.26. The molecule has 1 amide bonds. The standard InChI is InChI=1S/C21H23ClN2O3S/c1-14-9-19(20(26-3)10-18(14)22)23-21(25)13-24(11-16-5-4-8-27-16)12-17-7-6-15(2)28-17/h4-10H,11-13H2,1-3H3,(H,23,25). The third kappa shape index (κ3) is 5.38. The minimum Gasteiger partial charge on any atom is -0.495 e. The first-order valence-electron chi connectivity index (χ1n) is 8.88. The number of carbonyl (C=O) groups excluding carboxylic acids is 1. The predicted molar refractivity (Wildman–Crippen MR) is 113 cm³/mol. The molecule has 0 aliphatic heterocycles. The lowest BCUT2D eigenvalue weighted by atomic mass is 10.2. The van der Waals surface area contributed by atoms with Crippen LogP contribution < -0.4 is 10.1 Å². The van der Waals surface area contributed by atoms with Crippen LogP contribution in [0.5, 0.6) is 5.75 Å². The molecule has 0 aliphatic rings. The fourth-order valence-electron chi connectivity index (χ4n) is 2.90. The van der Waals surface area contributed by atoms with Crippen molar-refractivity contribution in [3.05, 3.63) is 68.8 Å². The van der Waals surface area contributed by atoms with Gasteiger partial charge in [-0.05, 0) is 49.7 Å². The second-order valence-electron chi connectivity index (χ2n) is 6.59. The first-order chi connectivity index (χ1) is 13.4. The number of rotatable bonds is 8. The maximum absolute atomic E-state index is 12.7. The quantitative estimate of drug-likeness (QED) is 0.542. The number of methoxy groups -OCH3 is 1. The van der Waals surface area contributed by atoms with E-state index in [9.17, 15) is 4.79 Å². The first kappa shape index (κ1) is 20.5. The van der Waals surface area contributed by atoms with Gasteiger partial charge >= 0.3 is 0 Å². The normalized spacial score (nSPS) is 11.0. The van der Waals surface area contributed by atoms with Crippen LogP contribution in [0.15, 0.2) is 47.1 Å². The molecule has 1 N–H and O–H groups in total. The Balaban J connectivity index is 1.72. The highest BCUT2D eigenvalue weighted by Crippen LogP contribution is 2.31. The Labute approximate surface area is 173 Å². The number of benzene rings is 1. The molecule has 2 aromatic heterocycles. The highest BCUT2D eigenvalue weighted by atomic mass is 35.5. The van der Waals surface area contributed by atoms with Gasteiger partial charge in [0.1, 0.15) is 11.5 Å². The third-order valence-electron chi connectivity index (χ3n) is 4.26. The number of thiophene rings is 1. The van der Waals surface area contributed by atoms with E-state index < -0.39 is 0 Å². The molecular formula is C21H23ClN2O3S. The maximum atomic E-state index is 12.7. The second kappa shape index (κ2) is 9.28. The van der Waals surface area contributed by atoms with Crippen LogP contribution in [0.3, 0.4) is 0 Å². The molecule has 0 aliphatic carbocycles. The highest BCUT2D eigenvalue weighted by Gasteiger charge is 2.16. The molecule has 0 saturated carbocycles. The molecule has 2 heterocycles. The molecule has 7 heteroatoms. The maximum Gasteiger partial charge on any atom is 0.238 e. The summed E-state index contributed by atoms with van der Waals surface area (Å²) in [6, 6.07) is 11.5. The van der Waals surface area contributed by atoms with E-state index in [1.54, 1.807) is 30.8 Å². The van der Waals surface area contributed by atoms with Crippen molar-refractivity contribution in [3.8, 4) is 5.75 Å². The zero-order chi connectivity index (χ0) is 20.1. The van der Waals surface area contributed by atoms with Gasteiger partial charge in [0.25, 0.3) is 0 Å². The number of halogens is 1. The number of ether oxygens (including phenoxy) is 1. The summed E-state index contributed by atoms with van der Waals surface area (Å²) in [6.45, 7) is 5.41. The smallest absolute Gasteiger partial charge is 0.238 e. The largest absolute Gasteiger partial charge is 0.495 e. The Kier molecular flexibility index (Phi) is 6.78. The summed E-state index contributed by atoms with van der Waals surface area (Å²) < 4.78 is 10.8. The van der Waals surface area contributed by atoms with Crippen LogP contribution in [-0.4, -0.2) is 24.5 Å². The van der Waals surface area contributed by atoms with Crippen LogP contribution in [0.4, 0.5) is 5.69 Å². The van der Waals surface area contributed by atoms with E-state index in [1.165, 1.54) is 9.75 Å². The molecular weight excluding hydrogens is 396 g/mol. The summed E-state index contributed by atoms with van der Waals surface area (Å²) in [6.07, 6.45) is 1.64. The molecule has 28 heavy (non-hydrogen) atoms. The van der Waals surface area contributed by atoms with Gasteiger partial charge in [0.05, 0.1) is 32.1 Å². The summed E-state index contributed by atoms with van der Waals surface area (Å²) >= 11 is 7.88. The van der Waals surface area contributed by atoms with Gasteiger partial charge in [-0.2, -0.15) is 0 Å². The molecule has 0 unspecified atom stereocenters. The fraction of sp³-hybridized carbons (Fsp3) is 0.286. The highest BCUT2D eigenvalue weighted by molar-refractivity contribution is 7.11.